The van der Waals surface area contributed by atoms with E-state index in [1.54, 1.807) is 12.3 Å². The van der Waals surface area contributed by atoms with Crippen LogP contribution in [0.25, 0.3) is 0 Å². The molecule has 0 atom stereocenters. The number of hydrogen-bond donors (Lipinski definition) is 1. The van der Waals surface area contributed by atoms with E-state index in [0.717, 1.165) is 0 Å². The van der Waals surface area contributed by atoms with E-state index in [4.69, 9.17) is 9.47 Å². The summed E-state index contributed by atoms with van der Waals surface area (Å²) in [5.74, 6) is 0.683. The Hall–Kier alpha value is -2.31. The number of amides is 3. The van der Waals surface area contributed by atoms with E-state index < -0.39 is 6.03 Å². The fourth-order valence-corrected chi connectivity index (χ4v) is 1.75. The fourth-order valence-electron chi connectivity index (χ4n) is 1.75. The number of ether oxygens (including phenoxy) is 2. The van der Waals surface area contributed by atoms with Gasteiger partial charge in [0.15, 0.2) is 11.5 Å². The Morgan fingerprint density at radius 2 is 2.17 bits per heavy atom. The number of hydrogen-bond acceptors (Lipinski definition) is 5. The molecule has 18 heavy (non-hydrogen) atoms. The normalized spacial score (nSPS) is 14.7. The number of urea groups is 1. The molecule has 0 saturated carbocycles. The van der Waals surface area contributed by atoms with E-state index in [2.05, 4.69) is 10.3 Å². The molecule has 1 aromatic heterocycles. The molecular weight excluding hydrogens is 238 g/mol. The van der Waals surface area contributed by atoms with Crippen LogP contribution in [0.5, 0.6) is 11.5 Å². The highest BCUT2D eigenvalue weighted by Crippen LogP contribution is 2.29. The van der Waals surface area contributed by atoms with E-state index in [0.29, 0.717) is 17.2 Å². The van der Waals surface area contributed by atoms with Crippen molar-refractivity contribution >= 4 is 11.9 Å². The maximum Gasteiger partial charge on any atom is 0.324 e. The first-order valence-corrected chi connectivity index (χ1v) is 5.30. The van der Waals surface area contributed by atoms with E-state index >= 15 is 0 Å². The van der Waals surface area contributed by atoms with E-state index in [1.165, 1.54) is 19.1 Å². The van der Waals surface area contributed by atoms with Crippen molar-refractivity contribution in [3.63, 3.8) is 0 Å². The highest BCUT2D eigenvalue weighted by atomic mass is 16.5. The molecule has 3 amide bonds. The number of carbonyl (C=O) groups excluding carboxylic acids is 2. The molecule has 2 rings (SSSR count). The Balaban J connectivity index is 2.23. The highest BCUT2D eigenvalue weighted by molar-refractivity contribution is 6.01. The summed E-state index contributed by atoms with van der Waals surface area (Å²) in [4.78, 5) is 28.0. The molecule has 1 N–H and O–H groups in total. The summed E-state index contributed by atoms with van der Waals surface area (Å²) < 4.78 is 10.3. The second-order valence-electron chi connectivity index (χ2n) is 3.70. The van der Waals surface area contributed by atoms with Crippen molar-refractivity contribution < 1.29 is 19.1 Å². The predicted octanol–water partition coefficient (Wildman–Crippen LogP) is 0.151. The number of carbonyl (C=O) groups is 2. The number of pyridine rings is 1. The highest BCUT2D eigenvalue weighted by Gasteiger charge is 2.28. The molecule has 1 saturated heterocycles. The SMILES string of the molecule is COc1ccnc(CN2CC(=O)NC2=O)c1OC. The zero-order valence-electron chi connectivity index (χ0n) is 10.1. The van der Waals surface area contributed by atoms with Crippen LogP contribution in [0, 0.1) is 0 Å². The first-order valence-electron chi connectivity index (χ1n) is 5.30. The number of aromatic nitrogens is 1. The molecule has 1 aromatic rings. The van der Waals surface area contributed by atoms with Gasteiger partial charge in [-0.1, -0.05) is 0 Å². The van der Waals surface area contributed by atoms with Crippen LogP contribution in [-0.2, 0) is 11.3 Å². The van der Waals surface area contributed by atoms with Crippen LogP contribution in [-0.4, -0.2) is 42.6 Å². The molecule has 0 aromatic carbocycles. The van der Waals surface area contributed by atoms with Gasteiger partial charge >= 0.3 is 6.03 Å². The van der Waals surface area contributed by atoms with Crippen molar-refractivity contribution in [2.24, 2.45) is 0 Å². The average Bonchev–Trinajstić information content (AvgIpc) is 2.67. The standard InChI is InChI=1S/C11H13N3O4/c1-17-8-3-4-12-7(10(8)18-2)5-14-6-9(15)13-11(14)16/h3-4H,5-6H2,1-2H3,(H,13,15,16). The average molecular weight is 251 g/mol. The lowest BCUT2D eigenvalue weighted by Gasteiger charge is -2.16. The fraction of sp³-hybridized carbons (Fsp3) is 0.364. The molecule has 7 heteroatoms. The van der Waals surface area contributed by atoms with Crippen molar-refractivity contribution in [2.75, 3.05) is 20.8 Å². The Bertz CT molecular complexity index is 489. The second-order valence-corrected chi connectivity index (χ2v) is 3.70. The summed E-state index contributed by atoms with van der Waals surface area (Å²) in [5, 5.41) is 2.20. The number of imide groups is 1. The van der Waals surface area contributed by atoms with Gasteiger partial charge in [0.2, 0.25) is 5.91 Å². The van der Waals surface area contributed by atoms with Gasteiger partial charge in [-0.15, -0.1) is 0 Å². The smallest absolute Gasteiger partial charge is 0.324 e. The van der Waals surface area contributed by atoms with E-state index in [-0.39, 0.29) is 19.0 Å². The van der Waals surface area contributed by atoms with Crippen LogP contribution >= 0.6 is 0 Å². The van der Waals surface area contributed by atoms with Crippen molar-refractivity contribution in [2.45, 2.75) is 6.54 Å². The topological polar surface area (TPSA) is 80.8 Å². The summed E-state index contributed by atoms with van der Waals surface area (Å²) in [5.41, 5.74) is 0.543. The Morgan fingerprint density at radius 3 is 2.72 bits per heavy atom. The number of nitrogens with zero attached hydrogens (tertiary/aromatic N) is 2. The molecule has 1 aliphatic rings. The lowest BCUT2D eigenvalue weighted by Crippen LogP contribution is -2.28. The molecule has 1 fully saturated rings. The van der Waals surface area contributed by atoms with Gasteiger partial charge in [-0.25, -0.2) is 4.79 Å². The minimum atomic E-state index is -0.424. The zero-order chi connectivity index (χ0) is 13.1. The molecule has 1 aliphatic heterocycles. The second kappa shape index (κ2) is 4.91. The minimum Gasteiger partial charge on any atom is -0.493 e. The van der Waals surface area contributed by atoms with Crippen LogP contribution in [0.2, 0.25) is 0 Å². The quantitative estimate of drug-likeness (QED) is 0.770. The van der Waals surface area contributed by atoms with Gasteiger partial charge in [-0.3, -0.25) is 15.1 Å². The first-order chi connectivity index (χ1) is 8.65. The maximum atomic E-state index is 11.4. The van der Waals surface area contributed by atoms with E-state index in [9.17, 15) is 9.59 Å². The first kappa shape index (κ1) is 12.2. The molecule has 2 heterocycles. The molecule has 7 nitrogen and oxygen atoms in total. The summed E-state index contributed by atoms with van der Waals surface area (Å²) in [6, 6.07) is 1.24. The zero-order valence-corrected chi connectivity index (χ0v) is 10.1. The van der Waals surface area contributed by atoms with Gasteiger partial charge < -0.3 is 14.4 Å². The Kier molecular flexibility index (Phi) is 3.31. The summed E-state index contributed by atoms with van der Waals surface area (Å²) in [6.45, 7) is 0.221. The molecule has 0 spiro atoms. The van der Waals surface area contributed by atoms with Gasteiger partial charge in [0.1, 0.15) is 12.2 Å². The molecule has 0 radical (unpaired) electrons. The number of rotatable bonds is 4. The minimum absolute atomic E-state index is 0.0286. The van der Waals surface area contributed by atoms with Gasteiger partial charge in [0.25, 0.3) is 0 Å². The van der Waals surface area contributed by atoms with E-state index in [1.807, 2.05) is 0 Å². The van der Waals surface area contributed by atoms with Gasteiger partial charge in [-0.2, -0.15) is 0 Å². The van der Waals surface area contributed by atoms with Crippen molar-refractivity contribution in [3.8, 4) is 11.5 Å². The summed E-state index contributed by atoms with van der Waals surface area (Å²) in [7, 11) is 3.02. The van der Waals surface area contributed by atoms with Crippen LogP contribution in [0.4, 0.5) is 4.79 Å². The van der Waals surface area contributed by atoms with Crippen LogP contribution in [0.1, 0.15) is 5.69 Å². The van der Waals surface area contributed by atoms with Crippen molar-refractivity contribution in [1.82, 2.24) is 15.2 Å². The number of methoxy groups -OCH3 is 2. The van der Waals surface area contributed by atoms with Gasteiger partial charge in [0.05, 0.1) is 20.8 Å². The van der Waals surface area contributed by atoms with Crippen molar-refractivity contribution in [1.29, 1.82) is 0 Å². The summed E-state index contributed by atoms with van der Waals surface area (Å²) >= 11 is 0. The third-order valence-electron chi connectivity index (χ3n) is 2.57. The van der Waals surface area contributed by atoms with Crippen LogP contribution in [0.3, 0.4) is 0 Å². The van der Waals surface area contributed by atoms with Gasteiger partial charge in [-0.05, 0) is 0 Å². The Morgan fingerprint density at radius 1 is 1.39 bits per heavy atom. The van der Waals surface area contributed by atoms with Crippen LogP contribution in [0.15, 0.2) is 12.3 Å². The molecular formula is C11H13N3O4. The maximum absolute atomic E-state index is 11.4. The summed E-state index contributed by atoms with van der Waals surface area (Å²) in [6.07, 6.45) is 1.56. The molecule has 0 bridgehead atoms. The lowest BCUT2D eigenvalue weighted by atomic mass is 10.3. The molecule has 0 unspecified atom stereocenters. The Labute approximate surface area is 104 Å². The predicted molar refractivity (Wildman–Crippen MR) is 61.3 cm³/mol. The largest absolute Gasteiger partial charge is 0.493 e. The number of nitrogens with one attached hydrogen (secondary N) is 1. The monoisotopic (exact) mass is 251 g/mol. The lowest BCUT2D eigenvalue weighted by molar-refractivity contribution is -0.118. The third kappa shape index (κ3) is 2.20. The molecule has 96 valence electrons. The molecule has 0 aliphatic carbocycles. The van der Waals surface area contributed by atoms with Crippen molar-refractivity contribution in [3.05, 3.63) is 18.0 Å². The van der Waals surface area contributed by atoms with Gasteiger partial charge in [0, 0.05) is 12.3 Å². The third-order valence-corrected chi connectivity index (χ3v) is 2.57. The van der Waals surface area contributed by atoms with Crippen LogP contribution < -0.4 is 14.8 Å².